The molecule has 0 amide bonds. The van der Waals surface area contributed by atoms with Crippen LogP contribution in [0.25, 0.3) is 11.1 Å². The Balaban J connectivity index is 1.73. The molecular formula is C36H46F4N4O3. The average molecular weight is 659 g/mol. The van der Waals surface area contributed by atoms with Crippen molar-refractivity contribution in [2.45, 2.75) is 91.4 Å². The van der Waals surface area contributed by atoms with Crippen LogP contribution in [0.15, 0.2) is 41.3 Å². The third-order valence-corrected chi connectivity index (χ3v) is 8.84. The Hall–Kier alpha value is -3.57. The van der Waals surface area contributed by atoms with E-state index < -0.39 is 54.1 Å². The molecule has 1 aliphatic heterocycles. The van der Waals surface area contributed by atoms with Crippen molar-refractivity contribution in [3.63, 3.8) is 0 Å². The first-order chi connectivity index (χ1) is 22.2. The number of aryl methyl sites for hydroxylation is 2. The van der Waals surface area contributed by atoms with Gasteiger partial charge in [-0.2, -0.15) is 4.98 Å². The van der Waals surface area contributed by atoms with E-state index in [1.54, 1.807) is 6.20 Å². The van der Waals surface area contributed by atoms with Gasteiger partial charge in [0.25, 0.3) is 6.43 Å². The van der Waals surface area contributed by atoms with Crippen LogP contribution in [0.1, 0.15) is 98.5 Å². The molecule has 0 unspecified atom stereocenters. The van der Waals surface area contributed by atoms with E-state index in [9.17, 15) is 27.9 Å². The highest BCUT2D eigenvalue weighted by Gasteiger charge is 2.29. The molecule has 0 spiro atoms. The first-order valence-electron chi connectivity index (χ1n) is 16.3. The first-order valence-corrected chi connectivity index (χ1v) is 16.3. The maximum atomic E-state index is 15.8. The van der Waals surface area contributed by atoms with Gasteiger partial charge in [0.15, 0.2) is 0 Å². The van der Waals surface area contributed by atoms with E-state index in [2.05, 4.69) is 10.3 Å². The number of rotatable bonds is 15. The molecule has 7 nitrogen and oxygen atoms in total. The van der Waals surface area contributed by atoms with E-state index in [1.807, 2.05) is 64.6 Å². The van der Waals surface area contributed by atoms with Crippen molar-refractivity contribution in [3.8, 4) is 11.1 Å². The van der Waals surface area contributed by atoms with Gasteiger partial charge in [0, 0.05) is 44.0 Å². The summed E-state index contributed by atoms with van der Waals surface area (Å²) in [6, 6.07) is 6.44. The SMILES string of the molecule is Cc1cccc(C)c1-c1cc(C(F)F)c(F)c([C@H](CC(=O)O)NC[C@H](CC(C)C)n2cc(CCN3CC(F)C3)c(C(C)C)nc2=O)c1. The molecule has 256 valence electrons. The molecule has 0 saturated carbocycles. The second-order valence-electron chi connectivity index (χ2n) is 13.5. The Morgan fingerprint density at radius 1 is 1.09 bits per heavy atom. The number of nitrogens with one attached hydrogen (secondary N) is 1. The second kappa shape index (κ2) is 15.6. The highest BCUT2D eigenvalue weighted by molar-refractivity contribution is 5.73. The van der Waals surface area contributed by atoms with E-state index in [-0.39, 0.29) is 23.9 Å². The Bertz CT molecular complexity index is 1600. The summed E-state index contributed by atoms with van der Waals surface area (Å²) >= 11 is 0. The Labute approximate surface area is 274 Å². The largest absolute Gasteiger partial charge is 0.481 e. The zero-order chi connectivity index (χ0) is 34.6. The van der Waals surface area contributed by atoms with Crippen molar-refractivity contribution in [1.82, 2.24) is 19.8 Å². The lowest BCUT2D eigenvalue weighted by atomic mass is 9.90. The number of carboxylic acids is 1. The molecule has 0 radical (unpaired) electrons. The van der Waals surface area contributed by atoms with Crippen LogP contribution in [-0.2, 0) is 11.2 Å². The minimum Gasteiger partial charge on any atom is -0.481 e. The first kappa shape index (κ1) is 36.3. The fraction of sp³-hybridized carbons (Fsp3) is 0.528. The molecule has 1 aromatic heterocycles. The number of aromatic nitrogens is 2. The van der Waals surface area contributed by atoms with Crippen molar-refractivity contribution >= 4 is 5.97 Å². The zero-order valence-electron chi connectivity index (χ0n) is 28.0. The molecule has 4 rings (SSSR count). The van der Waals surface area contributed by atoms with Crippen molar-refractivity contribution in [2.75, 3.05) is 26.2 Å². The molecule has 1 fully saturated rings. The van der Waals surface area contributed by atoms with Crippen LogP contribution in [0.3, 0.4) is 0 Å². The Morgan fingerprint density at radius 3 is 2.28 bits per heavy atom. The zero-order valence-corrected chi connectivity index (χ0v) is 28.0. The topological polar surface area (TPSA) is 87.5 Å². The molecule has 47 heavy (non-hydrogen) atoms. The minimum absolute atomic E-state index is 0.0181. The molecule has 2 aromatic carbocycles. The van der Waals surface area contributed by atoms with Gasteiger partial charge in [0.05, 0.1) is 23.7 Å². The van der Waals surface area contributed by atoms with Gasteiger partial charge >= 0.3 is 11.7 Å². The molecule has 0 bridgehead atoms. The minimum atomic E-state index is -3.12. The summed E-state index contributed by atoms with van der Waals surface area (Å²) in [6.07, 6.45) is -1.64. The molecule has 2 heterocycles. The number of hydrogen-bond donors (Lipinski definition) is 2. The summed E-state index contributed by atoms with van der Waals surface area (Å²) in [6.45, 7) is 13.0. The fourth-order valence-corrected chi connectivity index (χ4v) is 6.52. The molecule has 2 atom stereocenters. The number of halogens is 4. The standard InChI is InChI=1S/C36H46F4N4O3/c1-20(2)12-27(44-17-24(10-11-43-18-26(37)19-43)34(21(3)4)42-36(44)47)16-41-30(15-31(45)46)28-13-25(14-29(33(28)38)35(39)40)32-22(5)8-7-9-23(32)6/h7-9,13-14,17,20-21,26-27,30,35,41H,10-12,15-16,18-19H2,1-6H3,(H,45,46)/t27-,30-/m0/s1. The van der Waals surface area contributed by atoms with Gasteiger partial charge in [-0.1, -0.05) is 45.9 Å². The van der Waals surface area contributed by atoms with Crippen molar-refractivity contribution in [2.24, 2.45) is 5.92 Å². The van der Waals surface area contributed by atoms with Gasteiger partial charge in [-0.05, 0) is 78.5 Å². The molecule has 11 heteroatoms. The van der Waals surface area contributed by atoms with Gasteiger partial charge in [-0.25, -0.2) is 22.4 Å². The molecule has 1 aliphatic rings. The molecule has 1 saturated heterocycles. The molecule has 3 aromatic rings. The maximum Gasteiger partial charge on any atom is 0.348 e. The third kappa shape index (κ3) is 8.87. The van der Waals surface area contributed by atoms with Crippen LogP contribution in [0.2, 0.25) is 0 Å². The number of aliphatic carboxylic acids is 1. The quantitative estimate of drug-likeness (QED) is 0.167. The van der Waals surface area contributed by atoms with E-state index in [1.165, 1.54) is 10.6 Å². The van der Waals surface area contributed by atoms with Gasteiger partial charge < -0.3 is 10.4 Å². The van der Waals surface area contributed by atoms with Gasteiger partial charge in [-0.15, -0.1) is 0 Å². The van der Waals surface area contributed by atoms with Gasteiger partial charge in [0.2, 0.25) is 0 Å². The maximum absolute atomic E-state index is 15.8. The lowest BCUT2D eigenvalue weighted by molar-refractivity contribution is -0.137. The third-order valence-electron chi connectivity index (χ3n) is 8.84. The normalized spacial score (nSPS) is 15.4. The number of carbonyl (C=O) groups is 1. The average Bonchev–Trinajstić information content (AvgIpc) is 2.96. The van der Waals surface area contributed by atoms with Crippen LogP contribution in [0.5, 0.6) is 0 Å². The summed E-state index contributed by atoms with van der Waals surface area (Å²) in [7, 11) is 0. The lowest BCUT2D eigenvalue weighted by Crippen LogP contribution is -2.49. The summed E-state index contributed by atoms with van der Waals surface area (Å²) in [5.41, 5.74) is 2.79. The molecular weight excluding hydrogens is 612 g/mol. The number of carboxylic acid groups (broad SMARTS) is 1. The second-order valence-corrected chi connectivity index (χ2v) is 13.5. The number of hydrogen-bond acceptors (Lipinski definition) is 5. The number of likely N-dealkylation sites (tertiary alicyclic amines) is 1. The summed E-state index contributed by atoms with van der Waals surface area (Å²) in [4.78, 5) is 31.9. The smallest absolute Gasteiger partial charge is 0.348 e. The Morgan fingerprint density at radius 2 is 1.72 bits per heavy atom. The fourth-order valence-electron chi connectivity index (χ4n) is 6.52. The predicted octanol–water partition coefficient (Wildman–Crippen LogP) is 7.32. The van der Waals surface area contributed by atoms with Crippen LogP contribution in [0.4, 0.5) is 17.6 Å². The summed E-state index contributed by atoms with van der Waals surface area (Å²) < 4.78 is 59.2. The van der Waals surface area contributed by atoms with E-state index in [4.69, 9.17) is 0 Å². The van der Waals surface area contributed by atoms with Crippen molar-refractivity contribution < 1.29 is 27.5 Å². The summed E-state index contributed by atoms with van der Waals surface area (Å²) in [5, 5.41) is 13.0. The van der Waals surface area contributed by atoms with Crippen molar-refractivity contribution in [1.29, 1.82) is 0 Å². The van der Waals surface area contributed by atoms with Crippen molar-refractivity contribution in [3.05, 3.63) is 86.3 Å². The monoisotopic (exact) mass is 658 g/mol. The predicted molar refractivity (Wildman–Crippen MR) is 175 cm³/mol. The summed E-state index contributed by atoms with van der Waals surface area (Å²) in [5.74, 6) is -2.28. The van der Waals surface area contributed by atoms with E-state index in [0.29, 0.717) is 49.3 Å². The van der Waals surface area contributed by atoms with E-state index >= 15 is 4.39 Å². The van der Waals surface area contributed by atoms with Crippen LogP contribution in [-0.4, -0.2) is 57.9 Å². The lowest BCUT2D eigenvalue weighted by Gasteiger charge is -2.34. The van der Waals surface area contributed by atoms with Gasteiger partial charge in [0.1, 0.15) is 12.0 Å². The highest BCUT2D eigenvalue weighted by Crippen LogP contribution is 2.37. The number of nitrogens with zero attached hydrogens (tertiary/aromatic N) is 3. The molecule has 0 aliphatic carbocycles. The highest BCUT2D eigenvalue weighted by atomic mass is 19.3. The molecule has 2 N–H and O–H groups in total. The van der Waals surface area contributed by atoms with Crippen LogP contribution in [0, 0.1) is 25.6 Å². The van der Waals surface area contributed by atoms with E-state index in [0.717, 1.165) is 22.8 Å². The number of benzene rings is 2. The number of alkyl halides is 3. The Kier molecular flexibility index (Phi) is 12.0. The van der Waals surface area contributed by atoms with Gasteiger partial charge in [-0.3, -0.25) is 14.3 Å². The van der Waals surface area contributed by atoms with Crippen LogP contribution < -0.4 is 11.0 Å². The van der Waals surface area contributed by atoms with Crippen LogP contribution >= 0.6 is 0 Å².